The van der Waals surface area contributed by atoms with E-state index in [2.05, 4.69) is 29.3 Å². The topological polar surface area (TPSA) is 75.5 Å². The number of fused-ring (bicyclic) bond motifs is 1. The van der Waals surface area contributed by atoms with Crippen molar-refractivity contribution < 1.29 is 9.72 Å². The van der Waals surface area contributed by atoms with E-state index in [0.29, 0.717) is 12.1 Å². The lowest BCUT2D eigenvalue weighted by atomic mass is 10.1. The normalized spacial score (nSPS) is 14.1. The highest BCUT2D eigenvalue weighted by Gasteiger charge is 2.23. The van der Waals surface area contributed by atoms with Crippen LogP contribution in [0, 0.1) is 10.1 Å². The number of nitrogens with zero attached hydrogens (tertiary/aromatic N) is 2. The molecule has 6 nitrogen and oxygen atoms in total. The largest absolute Gasteiger partial charge is 0.366 e. The number of nitro benzene ring substituents is 1. The first-order valence-electron chi connectivity index (χ1n) is 7.93. The molecule has 1 amide bonds. The summed E-state index contributed by atoms with van der Waals surface area (Å²) in [5, 5.41) is 13.5. The van der Waals surface area contributed by atoms with Crippen LogP contribution >= 0.6 is 0 Å². The predicted molar refractivity (Wildman–Crippen MR) is 92.4 cm³/mol. The summed E-state index contributed by atoms with van der Waals surface area (Å²) in [6.45, 7) is 3.55. The fourth-order valence-corrected chi connectivity index (χ4v) is 3.01. The zero-order valence-corrected chi connectivity index (χ0v) is 13.4. The van der Waals surface area contributed by atoms with E-state index < -0.39 is 4.92 Å². The summed E-state index contributed by atoms with van der Waals surface area (Å²) in [7, 11) is 0. The van der Waals surface area contributed by atoms with Gasteiger partial charge in [0.25, 0.3) is 11.6 Å². The lowest BCUT2D eigenvalue weighted by molar-refractivity contribution is -0.384. The summed E-state index contributed by atoms with van der Waals surface area (Å²) in [6.07, 6.45) is 1.02. The van der Waals surface area contributed by atoms with Crippen molar-refractivity contribution in [2.75, 3.05) is 18.0 Å². The van der Waals surface area contributed by atoms with E-state index in [-0.39, 0.29) is 17.6 Å². The molecule has 3 rings (SSSR count). The van der Waals surface area contributed by atoms with E-state index in [1.807, 2.05) is 12.1 Å². The highest BCUT2D eigenvalue weighted by Crippen LogP contribution is 2.28. The summed E-state index contributed by atoms with van der Waals surface area (Å²) in [5.41, 5.74) is 2.98. The van der Waals surface area contributed by atoms with Crippen LogP contribution in [0.3, 0.4) is 0 Å². The molecule has 1 heterocycles. The van der Waals surface area contributed by atoms with Crippen molar-refractivity contribution in [1.82, 2.24) is 5.32 Å². The zero-order valence-electron chi connectivity index (χ0n) is 13.4. The van der Waals surface area contributed by atoms with Crippen LogP contribution < -0.4 is 10.2 Å². The van der Waals surface area contributed by atoms with Crippen LogP contribution in [-0.4, -0.2) is 30.0 Å². The minimum absolute atomic E-state index is 0.0198. The van der Waals surface area contributed by atoms with Crippen molar-refractivity contribution in [3.05, 3.63) is 69.8 Å². The van der Waals surface area contributed by atoms with Gasteiger partial charge in [-0.3, -0.25) is 14.9 Å². The van der Waals surface area contributed by atoms with Crippen molar-refractivity contribution in [1.29, 1.82) is 0 Å². The quantitative estimate of drug-likeness (QED) is 0.677. The number of non-ortho nitro benzene ring substituents is 1. The first kappa shape index (κ1) is 16.0. The predicted octanol–water partition coefficient (Wildman–Crippen LogP) is 2.78. The van der Waals surface area contributed by atoms with E-state index in [1.165, 1.54) is 35.5 Å². The third-order valence-electron chi connectivity index (χ3n) is 4.35. The van der Waals surface area contributed by atoms with E-state index >= 15 is 0 Å². The van der Waals surface area contributed by atoms with Crippen molar-refractivity contribution >= 4 is 17.3 Å². The third kappa shape index (κ3) is 3.22. The molecule has 1 aliphatic heterocycles. The molecule has 0 unspecified atom stereocenters. The van der Waals surface area contributed by atoms with Crippen molar-refractivity contribution in [3.8, 4) is 0 Å². The summed E-state index contributed by atoms with van der Waals surface area (Å²) < 4.78 is 0. The lowest BCUT2D eigenvalue weighted by Crippen LogP contribution is -2.41. The van der Waals surface area contributed by atoms with E-state index in [1.54, 1.807) is 0 Å². The molecule has 1 aliphatic rings. The van der Waals surface area contributed by atoms with Gasteiger partial charge in [0.1, 0.15) is 0 Å². The zero-order chi connectivity index (χ0) is 17.1. The number of anilines is 1. The number of hydrogen-bond donors (Lipinski definition) is 1. The van der Waals surface area contributed by atoms with Gasteiger partial charge < -0.3 is 10.2 Å². The van der Waals surface area contributed by atoms with Crippen molar-refractivity contribution in [3.63, 3.8) is 0 Å². The van der Waals surface area contributed by atoms with Gasteiger partial charge in [-0.2, -0.15) is 0 Å². The van der Waals surface area contributed by atoms with Crippen LogP contribution in [0.5, 0.6) is 0 Å². The number of nitrogens with one attached hydrogen (secondary N) is 1. The Bertz CT molecular complexity index is 758. The standard InChI is InChI=1S/C18H19N3O3/c1-13(20-11-10-14-4-2-3-5-17(14)20)12-19-18(22)15-6-8-16(9-7-15)21(23)24/h2-9,13H,10-12H2,1H3,(H,19,22)/t13-/m1/s1. The second-order valence-electron chi connectivity index (χ2n) is 5.94. The number of nitro groups is 1. The van der Waals surface area contributed by atoms with Crippen LogP contribution in [0.1, 0.15) is 22.8 Å². The molecular formula is C18H19N3O3. The van der Waals surface area contributed by atoms with Gasteiger partial charge in [0.15, 0.2) is 0 Å². The fourth-order valence-electron chi connectivity index (χ4n) is 3.01. The van der Waals surface area contributed by atoms with Crippen molar-refractivity contribution in [2.24, 2.45) is 0 Å². The Morgan fingerprint density at radius 3 is 2.67 bits per heavy atom. The van der Waals surface area contributed by atoms with E-state index in [9.17, 15) is 14.9 Å². The molecule has 1 N–H and O–H groups in total. The van der Waals surface area contributed by atoms with Gasteiger partial charge >= 0.3 is 0 Å². The SMILES string of the molecule is C[C@H](CNC(=O)c1ccc([N+](=O)[O-])cc1)N1CCc2ccccc21. The molecule has 0 saturated heterocycles. The number of carbonyl (C=O) groups is 1. The number of rotatable bonds is 5. The molecule has 0 bridgehead atoms. The second kappa shape index (κ2) is 6.70. The van der Waals surface area contributed by atoms with Gasteiger partial charge in [-0.25, -0.2) is 0 Å². The summed E-state index contributed by atoms with van der Waals surface area (Å²) in [5.74, 6) is -0.218. The molecule has 0 aliphatic carbocycles. The molecule has 124 valence electrons. The van der Waals surface area contributed by atoms with Gasteiger partial charge in [0, 0.05) is 42.5 Å². The highest BCUT2D eigenvalue weighted by molar-refractivity contribution is 5.94. The number of amides is 1. The maximum atomic E-state index is 12.2. The molecule has 2 aromatic rings. The molecule has 6 heteroatoms. The van der Waals surface area contributed by atoms with Crippen LogP contribution in [0.4, 0.5) is 11.4 Å². The summed E-state index contributed by atoms with van der Waals surface area (Å²) in [4.78, 5) is 24.7. The molecule has 2 aromatic carbocycles. The third-order valence-corrected chi connectivity index (χ3v) is 4.35. The minimum atomic E-state index is -0.478. The molecular weight excluding hydrogens is 306 g/mol. The van der Waals surface area contributed by atoms with Crippen LogP contribution in [0.2, 0.25) is 0 Å². The number of benzene rings is 2. The minimum Gasteiger partial charge on any atom is -0.366 e. The van der Waals surface area contributed by atoms with Gasteiger partial charge in [-0.05, 0) is 37.1 Å². The Kier molecular flexibility index (Phi) is 4.46. The number of para-hydroxylation sites is 1. The summed E-state index contributed by atoms with van der Waals surface area (Å²) in [6, 6.07) is 14.1. The smallest absolute Gasteiger partial charge is 0.269 e. The van der Waals surface area contributed by atoms with Gasteiger partial charge in [-0.1, -0.05) is 18.2 Å². The maximum absolute atomic E-state index is 12.2. The van der Waals surface area contributed by atoms with Crippen LogP contribution in [0.25, 0.3) is 0 Å². The molecule has 0 spiro atoms. The van der Waals surface area contributed by atoms with E-state index in [4.69, 9.17) is 0 Å². The van der Waals surface area contributed by atoms with Crippen LogP contribution in [0.15, 0.2) is 48.5 Å². The molecule has 24 heavy (non-hydrogen) atoms. The Morgan fingerprint density at radius 2 is 1.96 bits per heavy atom. The van der Waals surface area contributed by atoms with E-state index in [0.717, 1.165) is 13.0 Å². The van der Waals surface area contributed by atoms with Crippen molar-refractivity contribution in [2.45, 2.75) is 19.4 Å². The molecule has 0 aromatic heterocycles. The molecule has 0 fully saturated rings. The number of carbonyl (C=O) groups excluding carboxylic acids is 1. The molecule has 0 radical (unpaired) electrons. The highest BCUT2D eigenvalue weighted by atomic mass is 16.6. The first-order valence-corrected chi connectivity index (χ1v) is 7.93. The Labute approximate surface area is 140 Å². The van der Waals surface area contributed by atoms with Gasteiger partial charge in [0.2, 0.25) is 0 Å². The monoisotopic (exact) mass is 325 g/mol. The maximum Gasteiger partial charge on any atom is 0.269 e. The average Bonchev–Trinajstić information content (AvgIpc) is 3.03. The Morgan fingerprint density at radius 1 is 1.25 bits per heavy atom. The summed E-state index contributed by atoms with van der Waals surface area (Å²) >= 11 is 0. The Hall–Kier alpha value is -2.89. The average molecular weight is 325 g/mol. The fraction of sp³-hybridized carbons (Fsp3) is 0.278. The second-order valence-corrected chi connectivity index (χ2v) is 5.94. The molecule has 1 atom stereocenters. The van der Waals surface area contributed by atoms with Gasteiger partial charge in [0.05, 0.1) is 4.92 Å². The van der Waals surface area contributed by atoms with Gasteiger partial charge in [-0.15, -0.1) is 0 Å². The van der Waals surface area contributed by atoms with Crippen LogP contribution in [-0.2, 0) is 6.42 Å². The lowest BCUT2D eigenvalue weighted by Gasteiger charge is -2.27. The number of hydrogen-bond acceptors (Lipinski definition) is 4. The first-order chi connectivity index (χ1) is 11.6. The Balaban J connectivity index is 1.59. The molecule has 0 saturated carbocycles.